The average molecular weight is 341 g/mol. The first-order valence-electron chi connectivity index (χ1n) is 9.14. The number of amides is 2. The van der Waals surface area contributed by atoms with Crippen LogP contribution in [0.3, 0.4) is 0 Å². The monoisotopic (exact) mass is 341 g/mol. The lowest BCUT2D eigenvalue weighted by Gasteiger charge is -2.29. The molecule has 0 aliphatic carbocycles. The number of hydrogen-bond donors (Lipinski definition) is 1. The number of rotatable bonds is 6. The predicted molar refractivity (Wildman–Crippen MR) is 98.9 cm³/mol. The van der Waals surface area contributed by atoms with Crippen LogP contribution in [0.5, 0.6) is 0 Å². The number of benzene rings is 1. The van der Waals surface area contributed by atoms with E-state index in [-0.39, 0.29) is 12.1 Å². The van der Waals surface area contributed by atoms with Crippen molar-refractivity contribution >= 4 is 6.03 Å². The first kappa shape index (κ1) is 17.5. The molecule has 0 radical (unpaired) electrons. The Labute approximate surface area is 149 Å². The van der Waals surface area contributed by atoms with E-state index in [9.17, 15) is 4.79 Å². The molecule has 1 aromatic carbocycles. The van der Waals surface area contributed by atoms with Crippen LogP contribution in [0.25, 0.3) is 5.69 Å². The summed E-state index contributed by atoms with van der Waals surface area (Å²) in [5.74, 6) is 0. The predicted octanol–water partition coefficient (Wildman–Crippen LogP) is 3.88. The molecule has 2 amide bonds. The van der Waals surface area contributed by atoms with E-state index in [4.69, 9.17) is 4.74 Å². The molecule has 0 spiro atoms. The van der Waals surface area contributed by atoms with E-state index in [0.717, 1.165) is 24.2 Å². The SMILES string of the molecule is CCOCCCNC(=O)N1Cc2ccccc2-n2cccc2[C@@H]1CC. The maximum absolute atomic E-state index is 12.9. The number of para-hydroxylation sites is 1. The molecule has 0 saturated heterocycles. The Kier molecular flexibility index (Phi) is 5.76. The lowest BCUT2D eigenvalue weighted by molar-refractivity contribution is 0.141. The molecule has 2 aromatic rings. The number of fused-ring (bicyclic) bond motifs is 3. The van der Waals surface area contributed by atoms with Gasteiger partial charge >= 0.3 is 6.03 Å². The summed E-state index contributed by atoms with van der Waals surface area (Å²) in [7, 11) is 0. The van der Waals surface area contributed by atoms with Gasteiger partial charge < -0.3 is 19.5 Å². The van der Waals surface area contributed by atoms with Gasteiger partial charge in [-0.05, 0) is 43.5 Å². The van der Waals surface area contributed by atoms with E-state index in [1.54, 1.807) is 0 Å². The van der Waals surface area contributed by atoms with E-state index in [0.29, 0.717) is 26.3 Å². The third kappa shape index (κ3) is 3.71. The molecular weight excluding hydrogens is 314 g/mol. The maximum Gasteiger partial charge on any atom is 0.318 e. The van der Waals surface area contributed by atoms with Gasteiger partial charge in [-0.2, -0.15) is 0 Å². The van der Waals surface area contributed by atoms with Crippen LogP contribution in [0.15, 0.2) is 42.6 Å². The minimum Gasteiger partial charge on any atom is -0.382 e. The number of aromatic nitrogens is 1. The lowest BCUT2D eigenvalue weighted by atomic mass is 10.1. The fourth-order valence-electron chi connectivity index (χ4n) is 3.48. The van der Waals surface area contributed by atoms with Gasteiger partial charge in [-0.1, -0.05) is 25.1 Å². The minimum absolute atomic E-state index is 0.00667. The second-order valence-corrected chi connectivity index (χ2v) is 6.27. The largest absolute Gasteiger partial charge is 0.382 e. The number of nitrogens with zero attached hydrogens (tertiary/aromatic N) is 2. The van der Waals surface area contributed by atoms with Crippen LogP contribution >= 0.6 is 0 Å². The summed E-state index contributed by atoms with van der Waals surface area (Å²) in [6.07, 6.45) is 3.79. The Morgan fingerprint density at radius 1 is 1.24 bits per heavy atom. The molecule has 3 rings (SSSR count). The third-order valence-corrected chi connectivity index (χ3v) is 4.68. The van der Waals surface area contributed by atoms with Crippen LogP contribution < -0.4 is 5.32 Å². The normalized spacial score (nSPS) is 16.1. The van der Waals surface area contributed by atoms with Gasteiger partial charge in [0.25, 0.3) is 0 Å². The summed E-state index contributed by atoms with van der Waals surface area (Å²) in [4.78, 5) is 14.8. The molecule has 25 heavy (non-hydrogen) atoms. The highest BCUT2D eigenvalue weighted by molar-refractivity contribution is 5.75. The number of urea groups is 1. The highest BCUT2D eigenvalue weighted by Crippen LogP contribution is 2.33. The molecule has 5 heteroatoms. The number of ether oxygens (including phenoxy) is 1. The number of hydrogen-bond acceptors (Lipinski definition) is 2. The zero-order valence-electron chi connectivity index (χ0n) is 15.1. The number of nitrogens with one attached hydrogen (secondary N) is 1. The first-order chi connectivity index (χ1) is 12.3. The van der Waals surface area contributed by atoms with Crippen LogP contribution in [0.2, 0.25) is 0 Å². The van der Waals surface area contributed by atoms with Gasteiger partial charge in [0.05, 0.1) is 18.3 Å². The Morgan fingerprint density at radius 2 is 2.08 bits per heavy atom. The molecule has 1 atom stereocenters. The zero-order chi connectivity index (χ0) is 17.6. The second kappa shape index (κ2) is 8.21. The molecule has 1 N–H and O–H groups in total. The summed E-state index contributed by atoms with van der Waals surface area (Å²) >= 11 is 0. The fourth-order valence-corrected chi connectivity index (χ4v) is 3.48. The fraction of sp³-hybridized carbons (Fsp3) is 0.450. The van der Waals surface area contributed by atoms with Crippen LogP contribution in [0.4, 0.5) is 4.79 Å². The zero-order valence-corrected chi connectivity index (χ0v) is 15.1. The van der Waals surface area contributed by atoms with Crippen molar-refractivity contribution in [1.29, 1.82) is 0 Å². The molecule has 0 saturated carbocycles. The molecular formula is C20H27N3O2. The molecule has 1 aliphatic rings. The highest BCUT2D eigenvalue weighted by atomic mass is 16.5. The summed E-state index contributed by atoms with van der Waals surface area (Å²) in [5.41, 5.74) is 3.49. The van der Waals surface area contributed by atoms with Crippen molar-refractivity contribution in [3.8, 4) is 5.69 Å². The van der Waals surface area contributed by atoms with Crippen LogP contribution in [0, 0.1) is 0 Å². The Morgan fingerprint density at radius 3 is 2.88 bits per heavy atom. The van der Waals surface area contributed by atoms with E-state index in [2.05, 4.69) is 47.3 Å². The first-order valence-corrected chi connectivity index (χ1v) is 9.14. The van der Waals surface area contributed by atoms with Crippen molar-refractivity contribution in [3.63, 3.8) is 0 Å². The molecule has 0 unspecified atom stereocenters. The van der Waals surface area contributed by atoms with Crippen LogP contribution in [-0.2, 0) is 11.3 Å². The summed E-state index contributed by atoms with van der Waals surface area (Å²) in [6, 6.07) is 12.5. The minimum atomic E-state index is -0.00667. The van der Waals surface area contributed by atoms with Gasteiger partial charge in [-0.3, -0.25) is 0 Å². The smallest absolute Gasteiger partial charge is 0.318 e. The molecule has 0 fully saturated rings. The number of carbonyl (C=O) groups excluding carboxylic acids is 1. The molecule has 1 aromatic heterocycles. The Hall–Kier alpha value is -2.27. The molecule has 1 aliphatic heterocycles. The van der Waals surface area contributed by atoms with Crippen molar-refractivity contribution < 1.29 is 9.53 Å². The summed E-state index contributed by atoms with van der Waals surface area (Å²) in [6.45, 7) is 6.76. The second-order valence-electron chi connectivity index (χ2n) is 6.27. The van der Waals surface area contributed by atoms with Gasteiger partial charge in [-0.25, -0.2) is 4.79 Å². The van der Waals surface area contributed by atoms with Gasteiger partial charge in [0.15, 0.2) is 0 Å². The van der Waals surface area contributed by atoms with E-state index in [1.807, 2.05) is 24.0 Å². The Balaban J connectivity index is 1.81. The Bertz CT molecular complexity index is 710. The topological polar surface area (TPSA) is 46.5 Å². The quantitative estimate of drug-likeness (QED) is 0.811. The lowest BCUT2D eigenvalue weighted by Crippen LogP contribution is -2.42. The van der Waals surface area contributed by atoms with Crippen molar-refractivity contribution in [2.24, 2.45) is 0 Å². The van der Waals surface area contributed by atoms with Gasteiger partial charge in [0.2, 0.25) is 0 Å². The molecule has 0 bridgehead atoms. The molecule has 2 heterocycles. The highest BCUT2D eigenvalue weighted by Gasteiger charge is 2.30. The van der Waals surface area contributed by atoms with Crippen molar-refractivity contribution in [2.75, 3.05) is 19.8 Å². The molecule has 134 valence electrons. The summed E-state index contributed by atoms with van der Waals surface area (Å²) < 4.78 is 7.55. The summed E-state index contributed by atoms with van der Waals surface area (Å²) in [5, 5.41) is 3.05. The average Bonchev–Trinajstić information content (AvgIpc) is 3.06. The molecule has 5 nitrogen and oxygen atoms in total. The standard InChI is InChI=1S/C20H27N3O2/c1-3-17-19-11-7-13-22(19)18-10-6-5-9-16(18)15-23(17)20(24)21-12-8-14-25-4-2/h5-7,9-11,13,17H,3-4,8,12,14-15H2,1-2H3,(H,21,24)/t17-/m0/s1. The number of carbonyl (C=O) groups is 1. The van der Waals surface area contributed by atoms with Crippen molar-refractivity contribution in [1.82, 2.24) is 14.8 Å². The van der Waals surface area contributed by atoms with Crippen molar-refractivity contribution in [3.05, 3.63) is 53.9 Å². The third-order valence-electron chi connectivity index (χ3n) is 4.68. The van der Waals surface area contributed by atoms with Gasteiger partial charge in [0.1, 0.15) is 0 Å². The van der Waals surface area contributed by atoms with Crippen molar-refractivity contribution in [2.45, 2.75) is 39.3 Å². The van der Waals surface area contributed by atoms with E-state index in [1.165, 1.54) is 5.56 Å². The van der Waals surface area contributed by atoms with Crippen LogP contribution in [0.1, 0.15) is 44.0 Å². The maximum atomic E-state index is 12.9. The van der Waals surface area contributed by atoms with E-state index < -0.39 is 0 Å². The van der Waals surface area contributed by atoms with Gasteiger partial charge in [-0.15, -0.1) is 0 Å². The van der Waals surface area contributed by atoms with E-state index >= 15 is 0 Å². The van der Waals surface area contributed by atoms with Crippen LogP contribution in [-0.4, -0.2) is 35.3 Å². The van der Waals surface area contributed by atoms with Gasteiger partial charge in [0, 0.05) is 31.6 Å².